The number of hydrogen-bond acceptors (Lipinski definition) is 1. The molecule has 2 heteroatoms. The summed E-state index contributed by atoms with van der Waals surface area (Å²) < 4.78 is 0. The Morgan fingerprint density at radius 3 is 2.26 bits per heavy atom. The van der Waals surface area contributed by atoms with Crippen LogP contribution in [0.4, 0.5) is 0 Å². The Bertz CT molecular complexity index is 404. The fourth-order valence-corrected chi connectivity index (χ4v) is 4.20. The predicted molar refractivity (Wildman–Crippen MR) is 87.7 cm³/mol. The summed E-state index contributed by atoms with van der Waals surface area (Å²) in [4.78, 5) is 2.64. The molecule has 106 valence electrons. The Labute approximate surface area is 120 Å². The minimum atomic E-state index is -1.14. The van der Waals surface area contributed by atoms with Gasteiger partial charge in [-0.1, -0.05) is 56.0 Å². The first-order valence-electron chi connectivity index (χ1n) is 7.70. The van der Waals surface area contributed by atoms with E-state index in [1.54, 1.807) is 5.19 Å². The molecule has 2 atom stereocenters. The monoisotopic (exact) mass is 275 g/mol. The van der Waals surface area contributed by atoms with Crippen molar-refractivity contribution < 1.29 is 0 Å². The van der Waals surface area contributed by atoms with E-state index in [1.165, 1.54) is 24.9 Å². The van der Waals surface area contributed by atoms with Crippen LogP contribution in [0.5, 0.6) is 0 Å². The van der Waals surface area contributed by atoms with Crippen LogP contribution in [-0.2, 0) is 6.54 Å². The number of hydrogen-bond donors (Lipinski definition) is 0. The summed E-state index contributed by atoms with van der Waals surface area (Å²) in [5.74, 6) is 0.903. The van der Waals surface area contributed by atoms with Crippen LogP contribution in [0, 0.1) is 5.92 Å². The topological polar surface area (TPSA) is 3.24 Å². The molecule has 19 heavy (non-hydrogen) atoms. The molecular formula is C17H29NSi. The van der Waals surface area contributed by atoms with E-state index in [0.29, 0.717) is 0 Å². The molecule has 0 saturated carbocycles. The summed E-state index contributed by atoms with van der Waals surface area (Å²) in [5.41, 5.74) is 1.48. The van der Waals surface area contributed by atoms with Gasteiger partial charge in [-0.25, -0.2) is 0 Å². The molecule has 1 aliphatic heterocycles. The normalized spacial score (nSPS) is 25.5. The van der Waals surface area contributed by atoms with E-state index in [0.717, 1.165) is 18.5 Å². The van der Waals surface area contributed by atoms with Gasteiger partial charge in [0.2, 0.25) is 0 Å². The van der Waals surface area contributed by atoms with Crippen molar-refractivity contribution in [2.45, 2.75) is 58.9 Å². The van der Waals surface area contributed by atoms with E-state index in [4.69, 9.17) is 0 Å². The Morgan fingerprint density at radius 2 is 1.74 bits per heavy atom. The van der Waals surface area contributed by atoms with Gasteiger partial charge in [0.25, 0.3) is 0 Å². The summed E-state index contributed by atoms with van der Waals surface area (Å²) in [7, 11) is -1.14. The molecule has 1 aromatic carbocycles. The lowest BCUT2D eigenvalue weighted by atomic mass is 9.93. The average molecular weight is 276 g/mol. The molecule has 0 N–H and O–H groups in total. The van der Waals surface area contributed by atoms with E-state index < -0.39 is 8.07 Å². The van der Waals surface area contributed by atoms with Gasteiger partial charge in [-0.2, -0.15) is 0 Å². The molecule has 2 unspecified atom stereocenters. The lowest BCUT2D eigenvalue weighted by molar-refractivity contribution is 0.122. The molecule has 2 rings (SSSR count). The van der Waals surface area contributed by atoms with Crippen molar-refractivity contribution in [1.82, 2.24) is 4.90 Å². The molecule has 0 aromatic heterocycles. The summed E-state index contributed by atoms with van der Waals surface area (Å²) in [6.45, 7) is 14.4. The highest BCUT2D eigenvalue weighted by Crippen LogP contribution is 2.23. The van der Waals surface area contributed by atoms with Crippen LogP contribution in [0.1, 0.15) is 32.3 Å². The van der Waals surface area contributed by atoms with Gasteiger partial charge in [0.05, 0.1) is 8.07 Å². The highest BCUT2D eigenvalue weighted by molar-refractivity contribution is 6.88. The molecule has 1 fully saturated rings. The van der Waals surface area contributed by atoms with Gasteiger partial charge in [0.15, 0.2) is 0 Å². The van der Waals surface area contributed by atoms with Crippen molar-refractivity contribution in [1.29, 1.82) is 0 Å². The number of benzene rings is 1. The molecule has 1 nitrogen and oxygen atoms in total. The second-order valence-corrected chi connectivity index (χ2v) is 12.5. The third-order valence-corrected chi connectivity index (χ3v) is 6.55. The fraction of sp³-hybridized carbons (Fsp3) is 0.647. The van der Waals surface area contributed by atoms with E-state index in [-0.39, 0.29) is 0 Å². The van der Waals surface area contributed by atoms with Gasteiger partial charge in [-0.15, -0.1) is 0 Å². The van der Waals surface area contributed by atoms with Crippen molar-refractivity contribution in [2.24, 2.45) is 5.92 Å². The standard InChI is InChI=1S/C17H29NSi/c1-14-10-11-18(15(2)12-14)13-16-6-8-17(9-7-16)19(3,4)5/h6-9,14-15H,10-13H2,1-5H3. The first-order chi connectivity index (χ1) is 8.86. The van der Waals surface area contributed by atoms with Crippen LogP contribution >= 0.6 is 0 Å². The number of nitrogens with zero attached hydrogens (tertiary/aromatic N) is 1. The highest BCUT2D eigenvalue weighted by atomic mass is 28.3. The van der Waals surface area contributed by atoms with Crippen molar-refractivity contribution in [3.8, 4) is 0 Å². The number of rotatable bonds is 3. The largest absolute Gasteiger partial charge is 0.296 e. The quantitative estimate of drug-likeness (QED) is 0.757. The van der Waals surface area contributed by atoms with E-state index in [1.807, 2.05) is 0 Å². The molecule has 0 spiro atoms. The van der Waals surface area contributed by atoms with Crippen molar-refractivity contribution in [3.63, 3.8) is 0 Å². The van der Waals surface area contributed by atoms with Gasteiger partial charge >= 0.3 is 0 Å². The lowest BCUT2D eigenvalue weighted by Crippen LogP contribution is -2.40. The van der Waals surface area contributed by atoms with Crippen LogP contribution in [0.2, 0.25) is 19.6 Å². The molecule has 1 heterocycles. The summed E-state index contributed by atoms with van der Waals surface area (Å²) >= 11 is 0. The molecule has 0 radical (unpaired) electrons. The second kappa shape index (κ2) is 5.80. The smallest absolute Gasteiger partial charge is 0.0775 e. The van der Waals surface area contributed by atoms with E-state index >= 15 is 0 Å². The molecular weight excluding hydrogens is 246 g/mol. The molecule has 0 aliphatic carbocycles. The number of piperidine rings is 1. The van der Waals surface area contributed by atoms with Crippen LogP contribution in [0.15, 0.2) is 24.3 Å². The van der Waals surface area contributed by atoms with E-state index in [9.17, 15) is 0 Å². The summed E-state index contributed by atoms with van der Waals surface area (Å²) in [6, 6.07) is 10.1. The van der Waals surface area contributed by atoms with Gasteiger partial charge in [-0.3, -0.25) is 4.90 Å². The SMILES string of the molecule is CC1CCN(Cc2ccc([Si](C)(C)C)cc2)C(C)C1. The van der Waals surface area contributed by atoms with Crippen LogP contribution < -0.4 is 5.19 Å². The van der Waals surface area contributed by atoms with Gasteiger partial charge in [0, 0.05) is 12.6 Å². The summed E-state index contributed by atoms with van der Waals surface area (Å²) in [5, 5.41) is 1.57. The zero-order valence-electron chi connectivity index (χ0n) is 13.2. The van der Waals surface area contributed by atoms with Crippen molar-refractivity contribution in [2.75, 3.05) is 6.54 Å². The van der Waals surface area contributed by atoms with E-state index in [2.05, 4.69) is 62.7 Å². The Kier molecular flexibility index (Phi) is 4.52. The predicted octanol–water partition coefficient (Wildman–Crippen LogP) is 3.85. The third-order valence-electron chi connectivity index (χ3n) is 4.48. The minimum Gasteiger partial charge on any atom is -0.296 e. The van der Waals surface area contributed by atoms with Gasteiger partial charge in [-0.05, 0) is 37.8 Å². The molecule has 1 saturated heterocycles. The van der Waals surface area contributed by atoms with Gasteiger partial charge < -0.3 is 0 Å². The maximum Gasteiger partial charge on any atom is 0.0775 e. The highest BCUT2D eigenvalue weighted by Gasteiger charge is 2.23. The minimum absolute atomic E-state index is 0.736. The fourth-order valence-electron chi connectivity index (χ4n) is 3.04. The van der Waals surface area contributed by atoms with Crippen LogP contribution in [0.3, 0.4) is 0 Å². The second-order valence-electron chi connectivity index (χ2n) is 7.40. The molecule has 0 bridgehead atoms. The zero-order chi connectivity index (χ0) is 14.0. The average Bonchev–Trinajstić information content (AvgIpc) is 2.32. The number of likely N-dealkylation sites (tertiary alicyclic amines) is 1. The van der Waals surface area contributed by atoms with Crippen LogP contribution in [0.25, 0.3) is 0 Å². The Hall–Kier alpha value is -0.603. The summed E-state index contributed by atoms with van der Waals surface area (Å²) in [6.07, 6.45) is 2.71. The van der Waals surface area contributed by atoms with Crippen LogP contribution in [-0.4, -0.2) is 25.6 Å². The third kappa shape index (κ3) is 3.93. The van der Waals surface area contributed by atoms with Gasteiger partial charge in [0.1, 0.15) is 0 Å². The lowest BCUT2D eigenvalue weighted by Gasteiger charge is -2.36. The first-order valence-corrected chi connectivity index (χ1v) is 11.2. The molecule has 0 amide bonds. The maximum absolute atomic E-state index is 2.64. The van der Waals surface area contributed by atoms with Crippen molar-refractivity contribution >= 4 is 13.3 Å². The zero-order valence-corrected chi connectivity index (χ0v) is 14.2. The van der Waals surface area contributed by atoms with Crippen molar-refractivity contribution in [3.05, 3.63) is 29.8 Å². The first kappa shape index (κ1) is 14.8. The Morgan fingerprint density at radius 1 is 1.11 bits per heavy atom. The maximum atomic E-state index is 2.64. The Balaban J connectivity index is 2.00. The molecule has 1 aromatic rings. The molecule has 1 aliphatic rings.